The van der Waals surface area contributed by atoms with Crippen LogP contribution in [0.15, 0.2) is 36.4 Å². The minimum atomic E-state index is 0.444. The predicted octanol–water partition coefficient (Wildman–Crippen LogP) is 3.95. The third kappa shape index (κ3) is 3.36. The molecule has 3 aromatic rings. The van der Waals surface area contributed by atoms with E-state index in [1.165, 1.54) is 6.42 Å². The van der Waals surface area contributed by atoms with Crippen LogP contribution in [-0.4, -0.2) is 30.2 Å². The SMILES string of the molecule is COc1cc(C#N)cc(C)c1-c1ccc2ccc(C3CCCNC3)nc2n1. The van der Waals surface area contributed by atoms with Gasteiger partial charge in [-0.05, 0) is 68.3 Å². The summed E-state index contributed by atoms with van der Waals surface area (Å²) in [5, 5.41) is 13.7. The van der Waals surface area contributed by atoms with Crippen LogP contribution in [0.2, 0.25) is 0 Å². The number of aryl methyl sites for hydroxylation is 1. The Bertz CT molecular complexity index is 1030. The van der Waals surface area contributed by atoms with Crippen LogP contribution in [0.5, 0.6) is 5.75 Å². The Morgan fingerprint density at radius 3 is 2.78 bits per heavy atom. The largest absolute Gasteiger partial charge is 0.496 e. The highest BCUT2D eigenvalue weighted by atomic mass is 16.5. The van der Waals surface area contributed by atoms with Crippen molar-refractivity contribution in [1.29, 1.82) is 5.26 Å². The second-order valence-corrected chi connectivity index (χ2v) is 7.00. The molecule has 1 fully saturated rings. The van der Waals surface area contributed by atoms with Gasteiger partial charge in [0.05, 0.1) is 24.4 Å². The molecule has 136 valence electrons. The molecule has 4 rings (SSSR count). The van der Waals surface area contributed by atoms with Crippen LogP contribution >= 0.6 is 0 Å². The van der Waals surface area contributed by atoms with E-state index in [1.807, 2.05) is 25.1 Å². The Hall–Kier alpha value is -2.97. The zero-order valence-electron chi connectivity index (χ0n) is 15.6. The first-order valence-corrected chi connectivity index (χ1v) is 9.27. The molecule has 1 atom stereocenters. The van der Waals surface area contributed by atoms with E-state index in [4.69, 9.17) is 14.7 Å². The molecule has 1 aliphatic rings. The Morgan fingerprint density at radius 2 is 2.04 bits per heavy atom. The minimum Gasteiger partial charge on any atom is -0.496 e. The molecule has 1 aliphatic heterocycles. The number of hydrogen-bond acceptors (Lipinski definition) is 5. The van der Waals surface area contributed by atoms with E-state index in [1.54, 1.807) is 13.2 Å². The van der Waals surface area contributed by atoms with E-state index in [0.717, 1.165) is 53.1 Å². The third-order valence-electron chi connectivity index (χ3n) is 5.19. The maximum absolute atomic E-state index is 9.20. The average Bonchev–Trinajstić information content (AvgIpc) is 2.72. The summed E-state index contributed by atoms with van der Waals surface area (Å²) in [5.41, 5.74) is 5.12. The van der Waals surface area contributed by atoms with Crippen LogP contribution in [0.1, 0.15) is 35.6 Å². The summed E-state index contributed by atoms with van der Waals surface area (Å²) in [4.78, 5) is 9.69. The molecule has 0 amide bonds. The van der Waals surface area contributed by atoms with Crippen molar-refractivity contribution in [1.82, 2.24) is 15.3 Å². The van der Waals surface area contributed by atoms with Gasteiger partial charge in [-0.25, -0.2) is 9.97 Å². The molecule has 1 N–H and O–H groups in total. The third-order valence-corrected chi connectivity index (χ3v) is 5.19. The smallest absolute Gasteiger partial charge is 0.160 e. The number of pyridine rings is 2. The van der Waals surface area contributed by atoms with Crippen molar-refractivity contribution in [2.45, 2.75) is 25.7 Å². The number of benzene rings is 1. The maximum atomic E-state index is 9.20. The molecule has 0 spiro atoms. The van der Waals surface area contributed by atoms with Crippen LogP contribution in [0.4, 0.5) is 0 Å². The summed E-state index contributed by atoms with van der Waals surface area (Å²) in [7, 11) is 1.62. The first-order chi connectivity index (χ1) is 13.2. The summed E-state index contributed by atoms with van der Waals surface area (Å²) in [6.07, 6.45) is 2.34. The number of aromatic nitrogens is 2. The molecule has 0 bridgehead atoms. The second-order valence-electron chi connectivity index (χ2n) is 7.00. The molecule has 3 heterocycles. The lowest BCUT2D eigenvalue weighted by Gasteiger charge is -2.22. The van der Waals surface area contributed by atoms with E-state index < -0.39 is 0 Å². The highest BCUT2D eigenvalue weighted by molar-refractivity contribution is 5.81. The lowest BCUT2D eigenvalue weighted by atomic mass is 9.95. The van der Waals surface area contributed by atoms with Gasteiger partial charge in [-0.1, -0.05) is 0 Å². The average molecular weight is 358 g/mol. The first kappa shape index (κ1) is 17.4. The monoisotopic (exact) mass is 358 g/mol. The number of hydrogen-bond donors (Lipinski definition) is 1. The number of nitrogens with one attached hydrogen (secondary N) is 1. The molecule has 2 aromatic heterocycles. The van der Waals surface area contributed by atoms with Gasteiger partial charge in [0.2, 0.25) is 0 Å². The van der Waals surface area contributed by atoms with Gasteiger partial charge in [0.1, 0.15) is 5.75 Å². The van der Waals surface area contributed by atoms with Crippen LogP contribution in [0, 0.1) is 18.3 Å². The van der Waals surface area contributed by atoms with Crippen LogP contribution < -0.4 is 10.1 Å². The lowest BCUT2D eigenvalue weighted by molar-refractivity contribution is 0.416. The number of ether oxygens (including phenoxy) is 1. The predicted molar refractivity (Wildman–Crippen MR) is 106 cm³/mol. The number of nitriles is 1. The van der Waals surface area contributed by atoms with Crippen molar-refractivity contribution in [3.8, 4) is 23.1 Å². The van der Waals surface area contributed by atoms with Crippen molar-refractivity contribution in [2.75, 3.05) is 20.2 Å². The van der Waals surface area contributed by atoms with Crippen molar-refractivity contribution < 1.29 is 4.74 Å². The number of piperidine rings is 1. The van der Waals surface area contributed by atoms with Crippen molar-refractivity contribution in [3.63, 3.8) is 0 Å². The van der Waals surface area contributed by atoms with Crippen molar-refractivity contribution in [3.05, 3.63) is 53.2 Å². The van der Waals surface area contributed by atoms with Gasteiger partial charge in [-0.3, -0.25) is 0 Å². The topological polar surface area (TPSA) is 70.8 Å². The van der Waals surface area contributed by atoms with Gasteiger partial charge in [0.15, 0.2) is 5.65 Å². The number of rotatable bonds is 3. The second kappa shape index (κ2) is 7.34. The fraction of sp³-hybridized carbons (Fsp3) is 0.318. The number of nitrogens with zero attached hydrogens (tertiary/aromatic N) is 3. The molecular weight excluding hydrogens is 336 g/mol. The summed E-state index contributed by atoms with van der Waals surface area (Å²) < 4.78 is 5.53. The maximum Gasteiger partial charge on any atom is 0.160 e. The van der Waals surface area contributed by atoms with Gasteiger partial charge in [-0.2, -0.15) is 5.26 Å². The summed E-state index contributed by atoms with van der Waals surface area (Å²) >= 11 is 0. The van der Waals surface area contributed by atoms with E-state index in [-0.39, 0.29) is 0 Å². The molecule has 1 unspecified atom stereocenters. The molecule has 0 aliphatic carbocycles. The fourth-order valence-corrected chi connectivity index (χ4v) is 3.79. The zero-order valence-corrected chi connectivity index (χ0v) is 15.6. The zero-order chi connectivity index (χ0) is 18.8. The number of methoxy groups -OCH3 is 1. The van der Waals surface area contributed by atoms with E-state index >= 15 is 0 Å². The molecule has 5 heteroatoms. The van der Waals surface area contributed by atoms with E-state index in [9.17, 15) is 5.26 Å². The summed E-state index contributed by atoms with van der Waals surface area (Å²) in [6, 6.07) is 14.1. The Balaban J connectivity index is 1.80. The Morgan fingerprint density at radius 1 is 1.19 bits per heavy atom. The highest BCUT2D eigenvalue weighted by Gasteiger charge is 2.18. The van der Waals surface area contributed by atoms with E-state index in [0.29, 0.717) is 17.2 Å². The standard InChI is InChI=1S/C22H22N4O/c1-14-10-15(12-23)11-20(27-2)21(14)19-8-6-16-5-7-18(25-22(16)26-19)17-4-3-9-24-13-17/h5-8,10-11,17,24H,3-4,9,13H2,1-2H3. The quantitative estimate of drug-likeness (QED) is 0.767. The Kier molecular flexibility index (Phi) is 4.74. The number of fused-ring (bicyclic) bond motifs is 1. The van der Waals surface area contributed by atoms with Gasteiger partial charge in [-0.15, -0.1) is 0 Å². The van der Waals surface area contributed by atoms with Gasteiger partial charge in [0.25, 0.3) is 0 Å². The van der Waals surface area contributed by atoms with Gasteiger partial charge < -0.3 is 10.1 Å². The minimum absolute atomic E-state index is 0.444. The highest BCUT2D eigenvalue weighted by Crippen LogP contribution is 2.34. The van der Waals surface area contributed by atoms with Gasteiger partial charge >= 0.3 is 0 Å². The van der Waals surface area contributed by atoms with Crippen molar-refractivity contribution >= 4 is 11.0 Å². The first-order valence-electron chi connectivity index (χ1n) is 9.27. The van der Waals surface area contributed by atoms with Crippen molar-refractivity contribution in [2.24, 2.45) is 0 Å². The molecule has 27 heavy (non-hydrogen) atoms. The molecule has 0 saturated carbocycles. The molecule has 5 nitrogen and oxygen atoms in total. The normalized spacial score (nSPS) is 16.9. The molecule has 1 aromatic carbocycles. The molecule has 0 radical (unpaired) electrons. The lowest BCUT2D eigenvalue weighted by Crippen LogP contribution is -2.28. The van der Waals surface area contributed by atoms with Gasteiger partial charge in [0, 0.05) is 29.1 Å². The van der Waals surface area contributed by atoms with E-state index in [2.05, 4.69) is 23.5 Å². The van der Waals surface area contributed by atoms with Crippen LogP contribution in [-0.2, 0) is 0 Å². The summed E-state index contributed by atoms with van der Waals surface area (Å²) in [6.45, 7) is 4.03. The molecule has 1 saturated heterocycles. The fourth-order valence-electron chi connectivity index (χ4n) is 3.79. The Labute approximate surface area is 159 Å². The summed E-state index contributed by atoms with van der Waals surface area (Å²) in [5.74, 6) is 1.10. The van der Waals surface area contributed by atoms with Crippen LogP contribution in [0.25, 0.3) is 22.3 Å². The molecular formula is C22H22N4O. The van der Waals surface area contributed by atoms with Crippen LogP contribution in [0.3, 0.4) is 0 Å².